The standard InChI is InChI=1S/C19H20N4O/c1-10-11(2)23-17-16(10)15(9-22-18(17)19(20)24)14-5-3-4-12-8-21-7-6-13(12)14/h3-5,9,21,23H,6-8H2,1-2H3,(H2,20,24). The Morgan fingerprint density at radius 3 is 2.88 bits per heavy atom. The van der Waals surface area contributed by atoms with Crippen molar-refractivity contribution in [1.82, 2.24) is 15.3 Å². The first-order valence-electron chi connectivity index (χ1n) is 8.17. The highest BCUT2D eigenvalue weighted by Crippen LogP contribution is 2.36. The second kappa shape index (κ2) is 5.46. The Balaban J connectivity index is 2.06. The van der Waals surface area contributed by atoms with Gasteiger partial charge in [-0.2, -0.15) is 0 Å². The normalized spacial score (nSPS) is 13.9. The van der Waals surface area contributed by atoms with E-state index in [2.05, 4.69) is 40.4 Å². The third kappa shape index (κ3) is 2.12. The summed E-state index contributed by atoms with van der Waals surface area (Å²) in [7, 11) is 0. The Labute approximate surface area is 140 Å². The van der Waals surface area contributed by atoms with Crippen LogP contribution in [0.3, 0.4) is 0 Å². The molecule has 4 N–H and O–H groups in total. The lowest BCUT2D eigenvalue weighted by atomic mass is 9.90. The molecule has 3 aromatic rings. The number of aromatic amines is 1. The fourth-order valence-corrected chi connectivity index (χ4v) is 3.67. The molecule has 0 unspecified atom stereocenters. The number of H-pyrrole nitrogens is 1. The average Bonchev–Trinajstić information content (AvgIpc) is 2.89. The number of aromatic nitrogens is 2. The van der Waals surface area contributed by atoms with Crippen LogP contribution in [0.25, 0.3) is 22.0 Å². The summed E-state index contributed by atoms with van der Waals surface area (Å²) in [5.74, 6) is -0.507. The first-order valence-corrected chi connectivity index (χ1v) is 8.17. The molecular weight excluding hydrogens is 300 g/mol. The van der Waals surface area contributed by atoms with Gasteiger partial charge in [0.25, 0.3) is 5.91 Å². The van der Waals surface area contributed by atoms with E-state index in [-0.39, 0.29) is 0 Å². The second-order valence-corrected chi connectivity index (χ2v) is 6.38. The Morgan fingerprint density at radius 2 is 2.08 bits per heavy atom. The summed E-state index contributed by atoms with van der Waals surface area (Å²) in [5.41, 5.74) is 13.7. The van der Waals surface area contributed by atoms with Crippen molar-refractivity contribution in [1.29, 1.82) is 0 Å². The molecular formula is C19H20N4O. The summed E-state index contributed by atoms with van der Waals surface area (Å²) in [4.78, 5) is 19.4. The van der Waals surface area contributed by atoms with E-state index < -0.39 is 5.91 Å². The van der Waals surface area contributed by atoms with Gasteiger partial charge in [-0.1, -0.05) is 18.2 Å². The molecule has 4 rings (SSSR count). The van der Waals surface area contributed by atoms with Crippen LogP contribution in [-0.4, -0.2) is 22.4 Å². The number of fused-ring (bicyclic) bond motifs is 2. The monoisotopic (exact) mass is 320 g/mol. The summed E-state index contributed by atoms with van der Waals surface area (Å²) in [6.07, 6.45) is 2.79. The number of nitrogens with zero attached hydrogens (tertiary/aromatic N) is 1. The number of rotatable bonds is 2. The Bertz CT molecular complexity index is 971. The predicted octanol–water partition coefficient (Wildman–Crippen LogP) is 2.59. The number of carbonyl (C=O) groups is 1. The largest absolute Gasteiger partial charge is 0.364 e. The number of hydrogen-bond donors (Lipinski definition) is 3. The van der Waals surface area contributed by atoms with E-state index in [0.29, 0.717) is 5.69 Å². The zero-order chi connectivity index (χ0) is 16.8. The number of nitrogens with two attached hydrogens (primary N) is 1. The van der Waals surface area contributed by atoms with Gasteiger partial charge < -0.3 is 16.0 Å². The molecule has 0 atom stereocenters. The van der Waals surface area contributed by atoms with Crippen molar-refractivity contribution in [3.05, 3.63) is 52.5 Å². The minimum atomic E-state index is -0.507. The molecule has 1 aliphatic heterocycles. The van der Waals surface area contributed by atoms with E-state index in [4.69, 9.17) is 5.73 Å². The fraction of sp³-hybridized carbons (Fsp3) is 0.263. The van der Waals surface area contributed by atoms with Crippen LogP contribution in [0.15, 0.2) is 24.4 Å². The van der Waals surface area contributed by atoms with Crippen molar-refractivity contribution in [2.24, 2.45) is 5.73 Å². The lowest BCUT2D eigenvalue weighted by Crippen LogP contribution is -2.24. The number of nitrogens with one attached hydrogen (secondary N) is 2. The third-order valence-corrected chi connectivity index (χ3v) is 4.99. The van der Waals surface area contributed by atoms with Crippen molar-refractivity contribution in [3.63, 3.8) is 0 Å². The van der Waals surface area contributed by atoms with Crippen molar-refractivity contribution in [3.8, 4) is 11.1 Å². The molecule has 5 nitrogen and oxygen atoms in total. The molecule has 5 heteroatoms. The lowest BCUT2D eigenvalue weighted by molar-refractivity contribution is 0.0997. The number of amides is 1. The minimum absolute atomic E-state index is 0.302. The van der Waals surface area contributed by atoms with Crippen LogP contribution in [-0.2, 0) is 13.0 Å². The van der Waals surface area contributed by atoms with Crippen LogP contribution < -0.4 is 11.1 Å². The highest BCUT2D eigenvalue weighted by Gasteiger charge is 2.21. The summed E-state index contributed by atoms with van der Waals surface area (Å²) in [6, 6.07) is 6.40. The molecule has 0 bridgehead atoms. The zero-order valence-electron chi connectivity index (χ0n) is 13.9. The van der Waals surface area contributed by atoms with Gasteiger partial charge in [0.2, 0.25) is 0 Å². The first-order chi connectivity index (χ1) is 11.6. The van der Waals surface area contributed by atoms with Crippen molar-refractivity contribution < 1.29 is 4.79 Å². The highest BCUT2D eigenvalue weighted by molar-refractivity contribution is 6.09. The Morgan fingerprint density at radius 1 is 1.25 bits per heavy atom. The van der Waals surface area contributed by atoms with Gasteiger partial charge in [-0.15, -0.1) is 0 Å². The SMILES string of the molecule is Cc1[nH]c2c(C(N)=O)ncc(-c3cccc4c3CCNC4)c2c1C. The summed E-state index contributed by atoms with van der Waals surface area (Å²) in [6.45, 7) is 5.95. The van der Waals surface area contributed by atoms with Crippen LogP contribution in [0.1, 0.15) is 32.9 Å². The van der Waals surface area contributed by atoms with E-state index >= 15 is 0 Å². The second-order valence-electron chi connectivity index (χ2n) is 6.38. The Kier molecular flexibility index (Phi) is 3.39. The third-order valence-electron chi connectivity index (χ3n) is 4.99. The van der Waals surface area contributed by atoms with Crippen LogP contribution in [0.5, 0.6) is 0 Å². The quantitative estimate of drug-likeness (QED) is 0.678. The number of primary amides is 1. The number of pyridine rings is 1. The van der Waals surface area contributed by atoms with E-state index in [1.807, 2.05) is 6.92 Å². The van der Waals surface area contributed by atoms with Crippen molar-refractivity contribution in [2.75, 3.05) is 6.54 Å². The fourth-order valence-electron chi connectivity index (χ4n) is 3.67. The molecule has 0 fully saturated rings. The zero-order valence-corrected chi connectivity index (χ0v) is 13.9. The molecule has 122 valence electrons. The maximum absolute atomic E-state index is 11.7. The van der Waals surface area contributed by atoms with Gasteiger partial charge in [-0.25, -0.2) is 4.98 Å². The minimum Gasteiger partial charge on any atom is -0.364 e. The van der Waals surface area contributed by atoms with Gasteiger partial charge in [-0.3, -0.25) is 4.79 Å². The van der Waals surface area contributed by atoms with E-state index in [1.54, 1.807) is 6.20 Å². The summed E-state index contributed by atoms with van der Waals surface area (Å²) < 4.78 is 0. The molecule has 0 aliphatic carbocycles. The molecule has 0 spiro atoms. The van der Waals surface area contributed by atoms with Crippen molar-refractivity contribution in [2.45, 2.75) is 26.8 Å². The number of carbonyl (C=O) groups excluding carboxylic acids is 1. The molecule has 1 amide bonds. The smallest absolute Gasteiger partial charge is 0.269 e. The molecule has 2 aromatic heterocycles. The molecule has 1 aromatic carbocycles. The highest BCUT2D eigenvalue weighted by atomic mass is 16.1. The van der Waals surface area contributed by atoms with Crippen LogP contribution in [0, 0.1) is 13.8 Å². The van der Waals surface area contributed by atoms with Crippen molar-refractivity contribution >= 4 is 16.8 Å². The predicted molar refractivity (Wildman–Crippen MR) is 94.9 cm³/mol. The maximum Gasteiger partial charge on any atom is 0.269 e. The van der Waals surface area contributed by atoms with E-state index in [0.717, 1.165) is 47.2 Å². The summed E-state index contributed by atoms with van der Waals surface area (Å²) in [5, 5.41) is 4.46. The number of hydrogen-bond acceptors (Lipinski definition) is 3. The van der Waals surface area contributed by atoms with Gasteiger partial charge >= 0.3 is 0 Å². The molecule has 0 radical (unpaired) electrons. The Hall–Kier alpha value is -2.66. The topological polar surface area (TPSA) is 83.8 Å². The van der Waals surface area contributed by atoms with Crippen LogP contribution in [0.4, 0.5) is 0 Å². The lowest BCUT2D eigenvalue weighted by Gasteiger charge is -2.21. The van der Waals surface area contributed by atoms with E-state index in [9.17, 15) is 4.79 Å². The number of aryl methyl sites for hydroxylation is 2. The van der Waals surface area contributed by atoms with Crippen LogP contribution >= 0.6 is 0 Å². The molecule has 3 heterocycles. The van der Waals surface area contributed by atoms with Gasteiger partial charge in [0, 0.05) is 29.4 Å². The summed E-state index contributed by atoms with van der Waals surface area (Å²) >= 11 is 0. The molecule has 24 heavy (non-hydrogen) atoms. The molecule has 0 saturated heterocycles. The maximum atomic E-state index is 11.7. The number of benzene rings is 1. The molecule has 1 aliphatic rings. The van der Waals surface area contributed by atoms with Gasteiger partial charge in [0.05, 0.1) is 5.52 Å². The van der Waals surface area contributed by atoms with E-state index in [1.165, 1.54) is 16.7 Å². The van der Waals surface area contributed by atoms with Gasteiger partial charge in [0.15, 0.2) is 5.69 Å². The van der Waals surface area contributed by atoms with Gasteiger partial charge in [-0.05, 0) is 49.1 Å². The molecule has 0 saturated carbocycles. The van der Waals surface area contributed by atoms with Crippen LogP contribution in [0.2, 0.25) is 0 Å². The first kappa shape index (κ1) is 14.9. The average molecular weight is 320 g/mol. The van der Waals surface area contributed by atoms with Gasteiger partial charge in [0.1, 0.15) is 0 Å².